The molecule has 0 aliphatic carbocycles. The van der Waals surface area contributed by atoms with Crippen molar-refractivity contribution < 1.29 is 23.8 Å². The van der Waals surface area contributed by atoms with Crippen molar-refractivity contribution in [1.29, 1.82) is 0 Å². The van der Waals surface area contributed by atoms with Crippen LogP contribution in [0.3, 0.4) is 0 Å². The van der Waals surface area contributed by atoms with Crippen molar-refractivity contribution in [3.05, 3.63) is 23.8 Å². The van der Waals surface area contributed by atoms with Crippen molar-refractivity contribution in [3.8, 4) is 11.5 Å². The molecule has 31 heavy (non-hydrogen) atoms. The summed E-state index contributed by atoms with van der Waals surface area (Å²) in [5.41, 5.74) is 7.05. The average molecular weight is 428 g/mol. The van der Waals surface area contributed by atoms with Gasteiger partial charge < -0.3 is 35.5 Å². The molecule has 4 rings (SSSR count). The van der Waals surface area contributed by atoms with E-state index in [1.165, 1.54) is 14.2 Å². The number of rotatable bonds is 5. The van der Waals surface area contributed by atoms with Crippen molar-refractivity contribution in [2.24, 2.45) is 0 Å². The highest BCUT2D eigenvalue weighted by atomic mass is 16.5. The molecule has 1 saturated heterocycles. The van der Waals surface area contributed by atoms with Crippen LogP contribution in [0, 0.1) is 0 Å². The summed E-state index contributed by atoms with van der Waals surface area (Å²) in [5.74, 6) is 0.229. The van der Waals surface area contributed by atoms with Gasteiger partial charge in [-0.15, -0.1) is 0 Å². The van der Waals surface area contributed by atoms with E-state index in [-0.39, 0.29) is 24.0 Å². The van der Waals surface area contributed by atoms with Crippen LogP contribution in [0.15, 0.2) is 18.2 Å². The number of amides is 2. The summed E-state index contributed by atoms with van der Waals surface area (Å²) in [5, 5.41) is 5.53. The number of benzene rings is 1. The van der Waals surface area contributed by atoms with Gasteiger partial charge in [-0.2, -0.15) is 9.97 Å². The molecule has 0 unspecified atom stereocenters. The largest absolute Gasteiger partial charge is 0.497 e. The fraction of sp³-hybridized carbons (Fsp3) is 0.400. The number of nitrogens with one attached hydrogen (secondary N) is 2. The topological polar surface area (TPSA) is 141 Å². The Labute approximate surface area is 178 Å². The maximum Gasteiger partial charge on any atom is 0.232 e. The zero-order chi connectivity index (χ0) is 22.0. The Morgan fingerprint density at radius 3 is 2.74 bits per heavy atom. The number of hydrogen-bond acceptors (Lipinski definition) is 9. The molecular weight excluding hydrogens is 404 g/mol. The van der Waals surface area contributed by atoms with Crippen LogP contribution in [0.1, 0.15) is 17.9 Å². The van der Waals surface area contributed by atoms with Gasteiger partial charge in [-0.25, -0.2) is 0 Å². The predicted octanol–water partition coefficient (Wildman–Crippen LogP) is 0.977. The molecule has 11 nitrogen and oxygen atoms in total. The first-order valence-corrected chi connectivity index (χ1v) is 9.83. The molecule has 11 heteroatoms. The minimum atomic E-state index is -0.849. The summed E-state index contributed by atoms with van der Waals surface area (Å²) >= 11 is 0. The molecule has 2 aliphatic rings. The Morgan fingerprint density at radius 2 is 2.03 bits per heavy atom. The molecule has 1 aromatic carbocycles. The monoisotopic (exact) mass is 428 g/mol. The summed E-state index contributed by atoms with van der Waals surface area (Å²) in [6.07, 6.45) is -0.0738. The molecule has 3 heterocycles. The number of nitrogens with two attached hydrogens (primary N) is 1. The van der Waals surface area contributed by atoms with Crippen LogP contribution in [-0.4, -0.2) is 62.3 Å². The molecule has 0 spiro atoms. The summed E-state index contributed by atoms with van der Waals surface area (Å²) in [4.78, 5) is 36.3. The Kier molecular flexibility index (Phi) is 5.76. The lowest BCUT2D eigenvalue weighted by atomic mass is 9.91. The predicted molar refractivity (Wildman–Crippen MR) is 114 cm³/mol. The Bertz CT molecular complexity index is 1010. The van der Waals surface area contributed by atoms with Crippen LogP contribution in [0.2, 0.25) is 0 Å². The first-order chi connectivity index (χ1) is 15.0. The van der Waals surface area contributed by atoms with Gasteiger partial charge in [-0.3, -0.25) is 9.59 Å². The molecule has 164 valence electrons. The smallest absolute Gasteiger partial charge is 0.232 e. The molecule has 1 aromatic heterocycles. The molecule has 0 saturated carbocycles. The molecule has 1 fully saturated rings. The Balaban J connectivity index is 1.65. The van der Waals surface area contributed by atoms with E-state index in [0.717, 1.165) is 0 Å². The first kappa shape index (κ1) is 20.7. The molecular formula is C20H24N6O5. The van der Waals surface area contributed by atoms with E-state index in [1.807, 2.05) is 4.90 Å². The second kappa shape index (κ2) is 8.64. The maximum atomic E-state index is 13.2. The minimum absolute atomic E-state index is 0.0738. The zero-order valence-electron chi connectivity index (χ0n) is 17.3. The highest BCUT2D eigenvalue weighted by Crippen LogP contribution is 2.38. The zero-order valence-corrected chi connectivity index (χ0v) is 17.3. The second-order valence-corrected chi connectivity index (χ2v) is 7.13. The van der Waals surface area contributed by atoms with E-state index in [9.17, 15) is 9.59 Å². The standard InChI is InChI=1S/C20H24N6O5/c1-29-11-3-4-14(30-2)13(9-11)22-19(28)12-10-15(27)23-18-16(12)17(21)24-20(25-18)26-5-7-31-8-6-26/h3-4,9,12H,5-8,10H2,1-2H3,(H,22,28)(H3,21,23,24,25,27)/t12-/m0/s1. The number of ether oxygens (including phenoxy) is 3. The highest BCUT2D eigenvalue weighted by molar-refractivity contribution is 6.06. The summed E-state index contributed by atoms with van der Waals surface area (Å²) in [6.45, 7) is 2.34. The van der Waals surface area contributed by atoms with Gasteiger partial charge in [0.2, 0.25) is 17.8 Å². The van der Waals surface area contributed by atoms with Gasteiger partial charge in [0, 0.05) is 25.6 Å². The van der Waals surface area contributed by atoms with Crippen molar-refractivity contribution in [2.75, 3.05) is 61.8 Å². The van der Waals surface area contributed by atoms with Crippen LogP contribution in [0.5, 0.6) is 11.5 Å². The SMILES string of the molecule is COc1ccc(OC)c(NC(=O)[C@H]2CC(=O)Nc3nc(N4CCOCC4)nc(N)c32)c1. The first-order valence-electron chi connectivity index (χ1n) is 9.83. The van der Waals surface area contributed by atoms with Crippen molar-refractivity contribution in [1.82, 2.24) is 9.97 Å². The van der Waals surface area contributed by atoms with Crippen molar-refractivity contribution in [3.63, 3.8) is 0 Å². The quantitative estimate of drug-likeness (QED) is 0.635. The van der Waals surface area contributed by atoms with Gasteiger partial charge in [0.1, 0.15) is 23.1 Å². The van der Waals surface area contributed by atoms with Gasteiger partial charge in [0.15, 0.2) is 0 Å². The number of anilines is 4. The van der Waals surface area contributed by atoms with Crippen LogP contribution >= 0.6 is 0 Å². The average Bonchev–Trinajstić information content (AvgIpc) is 2.78. The lowest BCUT2D eigenvalue weighted by Crippen LogP contribution is -2.38. The second-order valence-electron chi connectivity index (χ2n) is 7.13. The third-order valence-corrected chi connectivity index (χ3v) is 5.23. The number of nitrogens with zero attached hydrogens (tertiary/aromatic N) is 3. The van der Waals surface area contributed by atoms with Crippen molar-refractivity contribution in [2.45, 2.75) is 12.3 Å². The number of carbonyl (C=O) groups excluding carboxylic acids is 2. The van der Waals surface area contributed by atoms with Crippen LogP contribution in [0.25, 0.3) is 0 Å². The molecule has 2 amide bonds. The van der Waals surface area contributed by atoms with E-state index in [1.54, 1.807) is 18.2 Å². The van der Waals surface area contributed by atoms with E-state index in [2.05, 4.69) is 20.6 Å². The van der Waals surface area contributed by atoms with Gasteiger partial charge in [-0.1, -0.05) is 0 Å². The number of carbonyl (C=O) groups is 2. The lowest BCUT2D eigenvalue weighted by molar-refractivity contribution is -0.123. The lowest BCUT2D eigenvalue weighted by Gasteiger charge is -2.30. The van der Waals surface area contributed by atoms with Crippen LogP contribution in [-0.2, 0) is 14.3 Å². The molecule has 4 N–H and O–H groups in total. The molecule has 1 atom stereocenters. The highest BCUT2D eigenvalue weighted by Gasteiger charge is 2.35. The van der Waals surface area contributed by atoms with E-state index >= 15 is 0 Å². The number of aromatic nitrogens is 2. The number of fused-ring (bicyclic) bond motifs is 1. The third-order valence-electron chi connectivity index (χ3n) is 5.23. The van der Waals surface area contributed by atoms with Gasteiger partial charge >= 0.3 is 0 Å². The Hall–Kier alpha value is -3.60. The third kappa shape index (κ3) is 4.17. The normalized spacial score (nSPS) is 18.1. The van der Waals surface area contributed by atoms with Gasteiger partial charge in [0.05, 0.1) is 44.6 Å². The number of morpholine rings is 1. The van der Waals surface area contributed by atoms with E-state index in [0.29, 0.717) is 55.0 Å². The maximum absolute atomic E-state index is 13.2. The van der Waals surface area contributed by atoms with Crippen molar-refractivity contribution >= 4 is 35.1 Å². The fourth-order valence-electron chi connectivity index (χ4n) is 3.64. The van der Waals surface area contributed by atoms with Crippen LogP contribution in [0.4, 0.5) is 23.3 Å². The summed E-state index contributed by atoms with van der Waals surface area (Å²) < 4.78 is 15.9. The molecule has 0 bridgehead atoms. The van der Waals surface area contributed by atoms with Gasteiger partial charge in [-0.05, 0) is 12.1 Å². The summed E-state index contributed by atoms with van der Waals surface area (Å²) in [7, 11) is 3.03. The minimum Gasteiger partial charge on any atom is -0.497 e. The van der Waals surface area contributed by atoms with E-state index in [4.69, 9.17) is 19.9 Å². The Morgan fingerprint density at radius 1 is 1.26 bits per heavy atom. The van der Waals surface area contributed by atoms with Crippen LogP contribution < -0.4 is 30.7 Å². The molecule has 2 aliphatic heterocycles. The number of methoxy groups -OCH3 is 2. The summed E-state index contributed by atoms with van der Waals surface area (Å²) in [6, 6.07) is 5.04. The number of nitrogen functional groups attached to an aromatic ring is 1. The van der Waals surface area contributed by atoms with Gasteiger partial charge in [0.25, 0.3) is 0 Å². The fourth-order valence-corrected chi connectivity index (χ4v) is 3.64. The van der Waals surface area contributed by atoms with E-state index < -0.39 is 11.8 Å². The molecule has 0 radical (unpaired) electrons. The molecule has 2 aromatic rings. The number of hydrogen-bond donors (Lipinski definition) is 3.